The van der Waals surface area contributed by atoms with Crippen LogP contribution in [0.4, 0.5) is 5.69 Å². The lowest BCUT2D eigenvalue weighted by atomic mass is 9.96. The first-order valence-corrected chi connectivity index (χ1v) is 11.7. The molecule has 7 nitrogen and oxygen atoms in total. The molecule has 0 unspecified atom stereocenters. The Morgan fingerprint density at radius 3 is 2.53 bits per heavy atom. The van der Waals surface area contributed by atoms with Gasteiger partial charge >= 0.3 is 5.97 Å². The number of pyridine rings is 1. The number of aromatic nitrogens is 2. The quantitative estimate of drug-likeness (QED) is 0.406. The summed E-state index contributed by atoms with van der Waals surface area (Å²) >= 11 is 5.72. The van der Waals surface area contributed by atoms with Crippen molar-refractivity contribution >= 4 is 29.0 Å². The van der Waals surface area contributed by atoms with E-state index < -0.39 is 0 Å². The maximum atomic E-state index is 11.9. The third-order valence-corrected chi connectivity index (χ3v) is 6.75. The second-order valence-electron chi connectivity index (χ2n) is 8.72. The van der Waals surface area contributed by atoms with Crippen LogP contribution in [0.1, 0.15) is 41.1 Å². The van der Waals surface area contributed by atoms with E-state index in [-0.39, 0.29) is 24.5 Å². The summed E-state index contributed by atoms with van der Waals surface area (Å²) in [6.07, 6.45) is 2.05. The van der Waals surface area contributed by atoms with Crippen molar-refractivity contribution in [1.29, 1.82) is 0 Å². The fourth-order valence-corrected chi connectivity index (χ4v) is 5.01. The SMILES string of the molecule is COC(=O)CCN1C(=S)N[C@H](c2ccccn2)[C@H]1c1cc(C)n(-c2ccc(N(C)C)cc2)c1C. The van der Waals surface area contributed by atoms with E-state index in [4.69, 9.17) is 17.0 Å². The number of aryl methyl sites for hydroxylation is 1. The lowest BCUT2D eigenvalue weighted by Gasteiger charge is -2.28. The summed E-state index contributed by atoms with van der Waals surface area (Å²) in [7, 11) is 5.48. The molecule has 2 atom stereocenters. The van der Waals surface area contributed by atoms with Crippen molar-refractivity contribution < 1.29 is 9.53 Å². The van der Waals surface area contributed by atoms with Gasteiger partial charge in [-0.3, -0.25) is 9.78 Å². The molecule has 0 radical (unpaired) electrons. The monoisotopic (exact) mass is 477 g/mol. The minimum atomic E-state index is -0.255. The summed E-state index contributed by atoms with van der Waals surface area (Å²) in [5, 5.41) is 4.07. The molecule has 0 bridgehead atoms. The molecule has 34 heavy (non-hydrogen) atoms. The number of carbonyl (C=O) groups is 1. The van der Waals surface area contributed by atoms with Crippen molar-refractivity contribution in [1.82, 2.24) is 19.8 Å². The highest BCUT2D eigenvalue weighted by Gasteiger charge is 2.41. The number of nitrogens with one attached hydrogen (secondary N) is 1. The fourth-order valence-electron chi connectivity index (χ4n) is 4.68. The van der Waals surface area contributed by atoms with Gasteiger partial charge in [0.15, 0.2) is 5.11 Å². The maximum absolute atomic E-state index is 11.9. The number of hydrogen-bond donors (Lipinski definition) is 1. The minimum Gasteiger partial charge on any atom is -0.469 e. The highest BCUT2D eigenvalue weighted by Crippen LogP contribution is 2.41. The Morgan fingerprint density at radius 2 is 1.91 bits per heavy atom. The Bertz CT molecular complexity index is 1170. The molecule has 0 aliphatic carbocycles. The lowest BCUT2D eigenvalue weighted by molar-refractivity contribution is -0.140. The fraction of sp³-hybridized carbons (Fsp3) is 0.346. The van der Waals surface area contributed by atoms with E-state index in [1.54, 1.807) is 6.20 Å². The smallest absolute Gasteiger partial charge is 0.307 e. The summed E-state index contributed by atoms with van der Waals surface area (Å²) in [5.74, 6) is -0.255. The number of thiocarbonyl (C=S) groups is 1. The van der Waals surface area contributed by atoms with Gasteiger partial charge in [0.2, 0.25) is 0 Å². The van der Waals surface area contributed by atoms with Gasteiger partial charge in [-0.05, 0) is 74.1 Å². The predicted molar refractivity (Wildman–Crippen MR) is 138 cm³/mol. The van der Waals surface area contributed by atoms with Gasteiger partial charge in [-0.1, -0.05) is 6.07 Å². The number of esters is 1. The van der Waals surface area contributed by atoms with Crippen molar-refractivity contribution in [3.63, 3.8) is 0 Å². The molecule has 2 aromatic heterocycles. The van der Waals surface area contributed by atoms with Crippen LogP contribution in [0.15, 0.2) is 54.7 Å². The number of benzene rings is 1. The van der Waals surface area contributed by atoms with Gasteiger partial charge in [0.25, 0.3) is 0 Å². The standard InChI is InChI=1S/C26H31N5O2S/c1-17-16-21(18(2)31(17)20-11-9-19(10-12-20)29(3)4)25-24(22-8-6-7-14-27-22)28-26(34)30(25)15-13-23(32)33-5/h6-12,14,16,24-25H,13,15H2,1-5H3,(H,28,34)/t24-,25-/m1/s1. The number of rotatable bonds is 7. The van der Waals surface area contributed by atoms with Gasteiger partial charge in [-0.25, -0.2) is 0 Å². The number of ether oxygens (including phenoxy) is 1. The first-order chi connectivity index (χ1) is 16.3. The van der Waals surface area contributed by atoms with Gasteiger partial charge < -0.3 is 24.4 Å². The largest absolute Gasteiger partial charge is 0.469 e. The van der Waals surface area contributed by atoms with Crippen LogP contribution in [0, 0.1) is 13.8 Å². The highest BCUT2D eigenvalue weighted by atomic mass is 32.1. The third-order valence-electron chi connectivity index (χ3n) is 6.40. The van der Waals surface area contributed by atoms with Crippen LogP contribution in [-0.2, 0) is 9.53 Å². The Balaban J connectivity index is 1.77. The molecule has 1 aliphatic rings. The first kappa shape index (κ1) is 23.8. The molecule has 3 aromatic rings. The molecule has 3 heterocycles. The lowest BCUT2D eigenvalue weighted by Crippen LogP contribution is -2.32. The van der Waals surface area contributed by atoms with Crippen molar-refractivity contribution in [2.24, 2.45) is 0 Å². The first-order valence-electron chi connectivity index (χ1n) is 11.3. The summed E-state index contributed by atoms with van der Waals surface area (Å²) in [4.78, 5) is 20.7. The Hall–Kier alpha value is -3.39. The molecule has 1 aliphatic heterocycles. The molecular formula is C26H31N5O2S. The normalized spacial score (nSPS) is 17.6. The van der Waals surface area contributed by atoms with Crippen molar-refractivity contribution in [2.45, 2.75) is 32.4 Å². The minimum absolute atomic E-state index is 0.104. The van der Waals surface area contributed by atoms with E-state index in [0.29, 0.717) is 11.7 Å². The summed E-state index contributed by atoms with van der Waals surface area (Å²) in [6.45, 7) is 4.72. The van der Waals surface area contributed by atoms with Gasteiger partial charge in [0.1, 0.15) is 0 Å². The number of anilines is 1. The summed E-state index contributed by atoms with van der Waals surface area (Å²) in [6, 6.07) is 16.4. The maximum Gasteiger partial charge on any atom is 0.307 e. The molecule has 0 amide bonds. The molecule has 178 valence electrons. The molecule has 1 N–H and O–H groups in total. The average molecular weight is 478 g/mol. The zero-order chi connectivity index (χ0) is 24.4. The zero-order valence-electron chi connectivity index (χ0n) is 20.3. The second kappa shape index (κ2) is 9.85. The molecule has 1 saturated heterocycles. The molecule has 8 heteroatoms. The molecule has 1 fully saturated rings. The van der Waals surface area contributed by atoms with Crippen LogP contribution in [0.25, 0.3) is 5.69 Å². The van der Waals surface area contributed by atoms with Crippen LogP contribution in [0.5, 0.6) is 0 Å². The van der Waals surface area contributed by atoms with E-state index in [9.17, 15) is 4.79 Å². The number of methoxy groups -OCH3 is 1. The number of carbonyl (C=O) groups excluding carboxylic acids is 1. The van der Waals surface area contributed by atoms with Gasteiger partial charge in [-0.15, -0.1) is 0 Å². The van der Waals surface area contributed by atoms with Crippen molar-refractivity contribution in [3.8, 4) is 5.69 Å². The van der Waals surface area contributed by atoms with Crippen molar-refractivity contribution in [2.75, 3.05) is 32.6 Å². The summed E-state index contributed by atoms with van der Waals surface area (Å²) in [5.41, 5.74) is 6.60. The van der Waals surface area contributed by atoms with Crippen LogP contribution >= 0.6 is 12.2 Å². The molecule has 1 aromatic carbocycles. The van der Waals surface area contributed by atoms with E-state index in [1.807, 2.05) is 32.3 Å². The Morgan fingerprint density at radius 1 is 1.18 bits per heavy atom. The molecule has 0 saturated carbocycles. The highest BCUT2D eigenvalue weighted by molar-refractivity contribution is 7.80. The van der Waals surface area contributed by atoms with Gasteiger partial charge in [0, 0.05) is 49.6 Å². The molecular weight excluding hydrogens is 446 g/mol. The summed E-state index contributed by atoms with van der Waals surface area (Å²) < 4.78 is 7.15. The zero-order valence-corrected chi connectivity index (χ0v) is 21.1. The van der Waals surface area contributed by atoms with Crippen LogP contribution in [0.2, 0.25) is 0 Å². The predicted octanol–water partition coefficient (Wildman–Crippen LogP) is 4.09. The van der Waals surface area contributed by atoms with E-state index in [0.717, 1.165) is 34.0 Å². The van der Waals surface area contributed by atoms with Crippen LogP contribution in [0.3, 0.4) is 0 Å². The van der Waals surface area contributed by atoms with Gasteiger partial charge in [-0.2, -0.15) is 0 Å². The Kier molecular flexibility index (Phi) is 6.88. The topological polar surface area (TPSA) is 62.6 Å². The van der Waals surface area contributed by atoms with Crippen LogP contribution < -0.4 is 10.2 Å². The molecule has 0 spiro atoms. The number of hydrogen-bond acceptors (Lipinski definition) is 5. The average Bonchev–Trinajstić information content (AvgIpc) is 3.32. The van der Waals surface area contributed by atoms with Crippen LogP contribution in [-0.4, -0.2) is 53.3 Å². The van der Waals surface area contributed by atoms with Gasteiger partial charge in [0.05, 0.1) is 31.3 Å². The van der Waals surface area contributed by atoms with E-state index in [1.165, 1.54) is 7.11 Å². The molecule has 4 rings (SSSR count). The van der Waals surface area contributed by atoms with E-state index in [2.05, 4.69) is 68.8 Å². The number of nitrogens with zero attached hydrogens (tertiary/aromatic N) is 4. The second-order valence-corrected chi connectivity index (χ2v) is 9.11. The van der Waals surface area contributed by atoms with Crippen molar-refractivity contribution in [3.05, 3.63) is 77.4 Å². The third kappa shape index (κ3) is 4.50. The van der Waals surface area contributed by atoms with E-state index >= 15 is 0 Å². The Labute approximate surface area is 206 Å².